The second-order valence-electron chi connectivity index (χ2n) is 8.35. The summed E-state index contributed by atoms with van der Waals surface area (Å²) in [5.74, 6) is 1.56. The third-order valence-electron chi connectivity index (χ3n) is 5.65. The normalized spacial score (nSPS) is 13.1. The van der Waals surface area contributed by atoms with Crippen LogP contribution >= 0.6 is 43.2 Å². The van der Waals surface area contributed by atoms with Crippen LogP contribution < -0.4 is 4.74 Å². The highest BCUT2D eigenvalue weighted by molar-refractivity contribution is 8.85. The Bertz CT molecular complexity index is 1220. The maximum absolute atomic E-state index is 6.38. The van der Waals surface area contributed by atoms with Crippen LogP contribution in [0.5, 0.6) is 5.75 Å². The molecule has 0 fully saturated rings. The molecule has 0 spiro atoms. The van der Waals surface area contributed by atoms with Crippen molar-refractivity contribution in [3.8, 4) is 5.75 Å². The molecule has 182 valence electrons. The molecular formula is C30H27NOS4. The molecule has 5 rings (SSSR count). The molecule has 1 aliphatic carbocycles. The molecule has 4 aromatic carbocycles. The fourth-order valence-corrected chi connectivity index (χ4v) is 9.67. The van der Waals surface area contributed by atoms with Crippen LogP contribution in [-0.4, -0.2) is 10.5 Å². The predicted octanol–water partition coefficient (Wildman–Crippen LogP) is 9.88. The van der Waals surface area contributed by atoms with Crippen molar-refractivity contribution in [3.05, 3.63) is 120 Å². The Morgan fingerprint density at radius 2 is 1.28 bits per heavy atom. The molecule has 0 atom stereocenters. The Kier molecular flexibility index (Phi) is 9.41. The lowest BCUT2D eigenvalue weighted by Crippen LogP contribution is -2.13. The largest absolute Gasteiger partial charge is 0.443 e. The van der Waals surface area contributed by atoms with E-state index in [4.69, 9.17) is 9.73 Å². The highest BCUT2D eigenvalue weighted by Gasteiger charge is 2.19. The monoisotopic (exact) mass is 545 g/mol. The summed E-state index contributed by atoms with van der Waals surface area (Å²) in [7, 11) is 7.34. The van der Waals surface area contributed by atoms with E-state index >= 15 is 0 Å². The summed E-state index contributed by atoms with van der Waals surface area (Å²) >= 11 is 0. The molecule has 0 aliphatic heterocycles. The van der Waals surface area contributed by atoms with Gasteiger partial charge in [0.2, 0.25) is 0 Å². The summed E-state index contributed by atoms with van der Waals surface area (Å²) in [5.41, 5.74) is 3.86. The second kappa shape index (κ2) is 13.3. The highest BCUT2D eigenvalue weighted by atomic mass is 33.1. The summed E-state index contributed by atoms with van der Waals surface area (Å²) in [4.78, 5) is 7.53. The van der Waals surface area contributed by atoms with Gasteiger partial charge < -0.3 is 4.74 Å². The quantitative estimate of drug-likeness (QED) is 0.0853. The summed E-state index contributed by atoms with van der Waals surface area (Å²) in [6, 6.07) is 37.7. The van der Waals surface area contributed by atoms with E-state index in [-0.39, 0.29) is 4.58 Å². The Morgan fingerprint density at radius 1 is 0.694 bits per heavy atom. The van der Waals surface area contributed by atoms with E-state index in [9.17, 15) is 0 Å². The van der Waals surface area contributed by atoms with Crippen molar-refractivity contribution in [3.63, 3.8) is 0 Å². The molecule has 2 nitrogen and oxygen atoms in total. The van der Waals surface area contributed by atoms with Gasteiger partial charge in [-0.1, -0.05) is 104 Å². The summed E-state index contributed by atoms with van der Waals surface area (Å²) in [6.45, 7) is 0. The zero-order valence-corrected chi connectivity index (χ0v) is 23.1. The van der Waals surface area contributed by atoms with Gasteiger partial charge in [-0.05, 0) is 78.9 Å². The number of nitrogens with zero attached hydrogens (tertiary/aromatic N) is 1. The lowest BCUT2D eigenvalue weighted by Gasteiger charge is -2.17. The zero-order valence-electron chi connectivity index (χ0n) is 19.8. The van der Waals surface area contributed by atoms with Crippen molar-refractivity contribution in [2.75, 3.05) is 0 Å². The van der Waals surface area contributed by atoms with Gasteiger partial charge in [-0.3, -0.25) is 0 Å². The number of rotatable bonds is 10. The minimum absolute atomic E-state index is 0.234. The zero-order chi connectivity index (χ0) is 24.4. The van der Waals surface area contributed by atoms with E-state index in [1.807, 2.05) is 51.9 Å². The fourth-order valence-electron chi connectivity index (χ4n) is 3.90. The van der Waals surface area contributed by atoms with E-state index in [2.05, 4.69) is 78.9 Å². The van der Waals surface area contributed by atoms with Crippen LogP contribution in [0.15, 0.2) is 124 Å². The standard InChI is InChI=1S/C30H27NOS4/c1-4-13-26(14-5-1)32-29(31-25-20-19-23-11-10-12-24(23)21-25)22-30(35-33-27-15-6-2-7-16-27)36-34-28-17-8-3-9-18-28/h1-9,13-21,30H,10-12,22H2/b31-29-. The minimum Gasteiger partial charge on any atom is -0.443 e. The van der Waals surface area contributed by atoms with Crippen LogP contribution in [0.25, 0.3) is 0 Å². The van der Waals surface area contributed by atoms with E-state index in [0.717, 1.165) is 23.8 Å². The summed E-state index contributed by atoms with van der Waals surface area (Å²) < 4.78 is 6.61. The predicted molar refractivity (Wildman–Crippen MR) is 161 cm³/mol. The number of para-hydroxylation sites is 1. The van der Waals surface area contributed by atoms with Crippen LogP contribution in [0.3, 0.4) is 0 Å². The van der Waals surface area contributed by atoms with E-state index in [1.54, 1.807) is 21.6 Å². The van der Waals surface area contributed by atoms with Crippen molar-refractivity contribution >= 4 is 54.8 Å². The number of ether oxygens (including phenoxy) is 1. The molecule has 0 radical (unpaired) electrons. The molecule has 36 heavy (non-hydrogen) atoms. The highest BCUT2D eigenvalue weighted by Crippen LogP contribution is 2.47. The van der Waals surface area contributed by atoms with Gasteiger partial charge in [0.05, 0.1) is 10.3 Å². The maximum atomic E-state index is 6.38. The fraction of sp³-hybridized carbons (Fsp3) is 0.167. The smallest absolute Gasteiger partial charge is 0.197 e. The van der Waals surface area contributed by atoms with Gasteiger partial charge in [0, 0.05) is 16.2 Å². The third-order valence-corrected chi connectivity index (χ3v) is 12.0. The summed E-state index contributed by atoms with van der Waals surface area (Å²) in [6.07, 6.45) is 4.26. The second-order valence-corrected chi connectivity index (χ2v) is 13.6. The number of benzene rings is 4. The average molecular weight is 546 g/mol. The van der Waals surface area contributed by atoms with Gasteiger partial charge in [0.15, 0.2) is 5.90 Å². The Labute approximate surface area is 229 Å². The number of aliphatic imine (C=N–C) groups is 1. The van der Waals surface area contributed by atoms with Crippen LogP contribution in [0, 0.1) is 0 Å². The van der Waals surface area contributed by atoms with Crippen LogP contribution in [-0.2, 0) is 12.8 Å². The molecule has 1 aliphatic rings. The third kappa shape index (κ3) is 7.62. The average Bonchev–Trinajstić information content (AvgIpc) is 3.40. The maximum Gasteiger partial charge on any atom is 0.197 e. The number of fused-ring (bicyclic) bond motifs is 1. The number of hydrogen-bond donors (Lipinski definition) is 0. The van der Waals surface area contributed by atoms with Gasteiger partial charge in [-0.25, -0.2) is 4.99 Å². The molecule has 0 aromatic heterocycles. The first kappa shape index (κ1) is 25.4. The van der Waals surface area contributed by atoms with Crippen molar-refractivity contribution < 1.29 is 4.74 Å². The van der Waals surface area contributed by atoms with Crippen LogP contribution in [0.1, 0.15) is 24.0 Å². The van der Waals surface area contributed by atoms with E-state index in [0.29, 0.717) is 6.42 Å². The minimum atomic E-state index is 0.234. The Morgan fingerprint density at radius 3 is 1.92 bits per heavy atom. The van der Waals surface area contributed by atoms with Gasteiger partial charge in [0.1, 0.15) is 5.75 Å². The molecule has 0 N–H and O–H groups in total. The van der Waals surface area contributed by atoms with Crippen molar-refractivity contribution in [2.45, 2.75) is 40.1 Å². The number of aryl methyl sites for hydroxylation is 2. The summed E-state index contributed by atoms with van der Waals surface area (Å²) in [5, 5.41) is 0. The first-order valence-corrected chi connectivity index (χ1v) is 16.4. The molecule has 6 heteroatoms. The Hall–Kier alpha value is -2.25. The van der Waals surface area contributed by atoms with Gasteiger partial charge >= 0.3 is 0 Å². The van der Waals surface area contributed by atoms with E-state index in [1.165, 1.54) is 33.8 Å². The molecule has 4 aromatic rings. The van der Waals surface area contributed by atoms with Gasteiger partial charge in [-0.2, -0.15) is 0 Å². The molecule has 0 heterocycles. The first-order chi connectivity index (χ1) is 17.8. The SMILES string of the molecule is c1ccc(O/C(CC(SSc2ccccc2)SSc2ccccc2)=N\c2ccc3c(c2)CCC3)cc1. The Balaban J connectivity index is 1.37. The number of hydrogen-bond acceptors (Lipinski definition) is 6. The molecule has 0 bridgehead atoms. The lowest BCUT2D eigenvalue weighted by molar-refractivity contribution is 0.535. The first-order valence-electron chi connectivity index (χ1n) is 12.0. The molecule has 0 saturated heterocycles. The molecule has 0 amide bonds. The topological polar surface area (TPSA) is 21.6 Å². The molecular weight excluding hydrogens is 519 g/mol. The van der Waals surface area contributed by atoms with Crippen molar-refractivity contribution in [2.24, 2.45) is 4.99 Å². The van der Waals surface area contributed by atoms with Crippen molar-refractivity contribution in [1.29, 1.82) is 0 Å². The van der Waals surface area contributed by atoms with E-state index < -0.39 is 0 Å². The van der Waals surface area contributed by atoms with Crippen molar-refractivity contribution in [1.82, 2.24) is 0 Å². The lowest BCUT2D eigenvalue weighted by atomic mass is 10.1. The van der Waals surface area contributed by atoms with Crippen LogP contribution in [0.4, 0.5) is 5.69 Å². The molecule has 0 unspecified atom stereocenters. The van der Waals surface area contributed by atoms with Crippen LogP contribution in [0.2, 0.25) is 0 Å². The van der Waals surface area contributed by atoms with Gasteiger partial charge in [-0.15, -0.1) is 0 Å². The molecule has 0 saturated carbocycles. The van der Waals surface area contributed by atoms with Gasteiger partial charge in [0.25, 0.3) is 0 Å².